The molecule has 0 aliphatic heterocycles. The Balaban J connectivity index is 2.55. The number of rotatable bonds is 6. The summed E-state index contributed by atoms with van der Waals surface area (Å²) < 4.78 is 5.10. The predicted molar refractivity (Wildman–Crippen MR) is 62.2 cm³/mol. The van der Waals surface area contributed by atoms with Crippen LogP contribution in [0, 0.1) is 5.92 Å². The maximum Gasteiger partial charge on any atom is 0.118 e. The van der Waals surface area contributed by atoms with Gasteiger partial charge in [0.2, 0.25) is 0 Å². The SMILES string of the molecule is CCC[C@H](CO)Cc1ccc(OC)cc1. The Morgan fingerprint density at radius 2 is 1.93 bits per heavy atom. The van der Waals surface area contributed by atoms with Crippen LogP contribution in [0.15, 0.2) is 24.3 Å². The molecule has 0 amide bonds. The summed E-state index contributed by atoms with van der Waals surface area (Å²) in [6, 6.07) is 8.07. The fraction of sp³-hybridized carbons (Fsp3) is 0.538. The first-order valence-electron chi connectivity index (χ1n) is 5.54. The van der Waals surface area contributed by atoms with Gasteiger partial charge in [0, 0.05) is 6.61 Å². The van der Waals surface area contributed by atoms with Crippen molar-refractivity contribution in [1.82, 2.24) is 0 Å². The predicted octanol–water partition coefficient (Wildman–Crippen LogP) is 2.65. The van der Waals surface area contributed by atoms with Gasteiger partial charge < -0.3 is 9.84 Å². The topological polar surface area (TPSA) is 29.5 Å². The lowest BCUT2D eigenvalue weighted by atomic mass is 9.96. The Morgan fingerprint density at radius 3 is 2.40 bits per heavy atom. The Morgan fingerprint density at radius 1 is 1.27 bits per heavy atom. The molecule has 1 N–H and O–H groups in total. The lowest BCUT2D eigenvalue weighted by Crippen LogP contribution is -2.09. The first-order valence-corrected chi connectivity index (χ1v) is 5.54. The average molecular weight is 208 g/mol. The third kappa shape index (κ3) is 3.92. The fourth-order valence-electron chi connectivity index (χ4n) is 1.76. The molecule has 1 atom stereocenters. The third-order valence-electron chi connectivity index (χ3n) is 2.64. The van der Waals surface area contributed by atoms with Gasteiger partial charge in [0.15, 0.2) is 0 Å². The Bertz CT molecular complexity index is 266. The highest BCUT2D eigenvalue weighted by Crippen LogP contribution is 2.17. The van der Waals surface area contributed by atoms with Crippen LogP contribution in [0.4, 0.5) is 0 Å². The van der Waals surface area contributed by atoms with E-state index < -0.39 is 0 Å². The van der Waals surface area contributed by atoms with Gasteiger partial charge in [-0.1, -0.05) is 25.5 Å². The van der Waals surface area contributed by atoms with E-state index in [1.54, 1.807) is 7.11 Å². The van der Waals surface area contributed by atoms with Gasteiger partial charge >= 0.3 is 0 Å². The van der Waals surface area contributed by atoms with Crippen molar-refractivity contribution < 1.29 is 9.84 Å². The lowest BCUT2D eigenvalue weighted by molar-refractivity contribution is 0.217. The molecule has 84 valence electrons. The van der Waals surface area contributed by atoms with Crippen LogP contribution >= 0.6 is 0 Å². The van der Waals surface area contributed by atoms with E-state index in [-0.39, 0.29) is 6.61 Å². The Kier molecular flexibility index (Phi) is 5.19. The molecule has 2 nitrogen and oxygen atoms in total. The molecule has 0 radical (unpaired) electrons. The molecule has 0 aromatic heterocycles. The van der Waals surface area contributed by atoms with Crippen molar-refractivity contribution in [2.24, 2.45) is 5.92 Å². The summed E-state index contributed by atoms with van der Waals surface area (Å²) in [5, 5.41) is 9.19. The second kappa shape index (κ2) is 6.46. The summed E-state index contributed by atoms with van der Waals surface area (Å²) in [6.45, 7) is 2.43. The number of benzene rings is 1. The molecule has 0 saturated carbocycles. The molecular formula is C13H20O2. The smallest absolute Gasteiger partial charge is 0.118 e. The molecule has 0 spiro atoms. The van der Waals surface area contributed by atoms with E-state index in [2.05, 4.69) is 19.1 Å². The minimum atomic E-state index is 0.278. The molecule has 1 aromatic carbocycles. The van der Waals surface area contributed by atoms with Crippen molar-refractivity contribution in [2.45, 2.75) is 26.2 Å². The molecule has 0 fully saturated rings. The van der Waals surface area contributed by atoms with Crippen molar-refractivity contribution in [3.63, 3.8) is 0 Å². The summed E-state index contributed by atoms with van der Waals surface area (Å²) in [7, 11) is 1.67. The van der Waals surface area contributed by atoms with E-state index in [0.29, 0.717) is 5.92 Å². The average Bonchev–Trinajstić information content (AvgIpc) is 2.29. The number of aliphatic hydroxyl groups excluding tert-OH is 1. The van der Waals surface area contributed by atoms with E-state index in [1.807, 2.05) is 12.1 Å². The number of methoxy groups -OCH3 is 1. The highest BCUT2D eigenvalue weighted by molar-refractivity contribution is 5.27. The largest absolute Gasteiger partial charge is 0.497 e. The van der Waals surface area contributed by atoms with Crippen LogP contribution in [-0.4, -0.2) is 18.8 Å². The molecule has 2 heteroatoms. The van der Waals surface area contributed by atoms with Gasteiger partial charge in [-0.2, -0.15) is 0 Å². The van der Waals surface area contributed by atoms with Crippen LogP contribution in [0.25, 0.3) is 0 Å². The summed E-state index contributed by atoms with van der Waals surface area (Å²) in [6.07, 6.45) is 3.16. The van der Waals surface area contributed by atoms with Crippen molar-refractivity contribution >= 4 is 0 Å². The van der Waals surface area contributed by atoms with Crippen LogP contribution < -0.4 is 4.74 Å². The van der Waals surface area contributed by atoms with E-state index >= 15 is 0 Å². The zero-order valence-electron chi connectivity index (χ0n) is 9.57. The maximum atomic E-state index is 9.19. The molecule has 0 bridgehead atoms. The molecular weight excluding hydrogens is 188 g/mol. The van der Waals surface area contributed by atoms with E-state index in [1.165, 1.54) is 5.56 Å². The zero-order valence-corrected chi connectivity index (χ0v) is 9.57. The van der Waals surface area contributed by atoms with Crippen molar-refractivity contribution in [1.29, 1.82) is 0 Å². The molecule has 0 aliphatic rings. The van der Waals surface area contributed by atoms with E-state index in [4.69, 9.17) is 4.74 Å². The summed E-state index contributed by atoms with van der Waals surface area (Å²) in [4.78, 5) is 0. The van der Waals surface area contributed by atoms with Gasteiger partial charge in [0.05, 0.1) is 7.11 Å². The van der Waals surface area contributed by atoms with Crippen molar-refractivity contribution in [3.05, 3.63) is 29.8 Å². The molecule has 0 unspecified atom stereocenters. The van der Waals surface area contributed by atoms with Crippen LogP contribution in [0.3, 0.4) is 0 Å². The van der Waals surface area contributed by atoms with Crippen molar-refractivity contribution in [2.75, 3.05) is 13.7 Å². The monoisotopic (exact) mass is 208 g/mol. The van der Waals surface area contributed by atoms with Gasteiger partial charge in [0.25, 0.3) is 0 Å². The Hall–Kier alpha value is -1.02. The van der Waals surface area contributed by atoms with Crippen LogP contribution in [0.1, 0.15) is 25.3 Å². The second-order valence-electron chi connectivity index (χ2n) is 3.89. The minimum Gasteiger partial charge on any atom is -0.497 e. The van der Waals surface area contributed by atoms with Gasteiger partial charge in [0.1, 0.15) is 5.75 Å². The molecule has 0 heterocycles. The number of aliphatic hydroxyl groups is 1. The highest BCUT2D eigenvalue weighted by Gasteiger charge is 2.07. The fourth-order valence-corrected chi connectivity index (χ4v) is 1.76. The lowest BCUT2D eigenvalue weighted by Gasteiger charge is -2.13. The first kappa shape index (κ1) is 12.1. The Labute approximate surface area is 91.9 Å². The molecule has 1 aromatic rings. The highest BCUT2D eigenvalue weighted by atomic mass is 16.5. The second-order valence-corrected chi connectivity index (χ2v) is 3.89. The number of hydrogen-bond donors (Lipinski definition) is 1. The van der Waals surface area contributed by atoms with Crippen LogP contribution in [0.5, 0.6) is 5.75 Å². The number of ether oxygens (including phenoxy) is 1. The summed E-state index contributed by atoms with van der Waals surface area (Å²) in [5.41, 5.74) is 1.27. The van der Waals surface area contributed by atoms with Crippen molar-refractivity contribution in [3.8, 4) is 5.75 Å². The summed E-state index contributed by atoms with van der Waals surface area (Å²) >= 11 is 0. The molecule has 1 rings (SSSR count). The van der Waals surface area contributed by atoms with Gasteiger partial charge in [-0.25, -0.2) is 0 Å². The van der Waals surface area contributed by atoms with Crippen LogP contribution in [0.2, 0.25) is 0 Å². The third-order valence-corrected chi connectivity index (χ3v) is 2.64. The first-order chi connectivity index (χ1) is 7.30. The quantitative estimate of drug-likeness (QED) is 0.778. The molecule has 15 heavy (non-hydrogen) atoms. The standard InChI is InChI=1S/C13H20O2/c1-3-4-12(10-14)9-11-5-7-13(15-2)8-6-11/h5-8,12,14H,3-4,9-10H2,1-2H3/t12-/m0/s1. The molecule has 0 aliphatic carbocycles. The van der Waals surface area contributed by atoms with E-state index in [9.17, 15) is 5.11 Å². The number of hydrogen-bond acceptors (Lipinski definition) is 2. The van der Waals surface area contributed by atoms with Gasteiger partial charge in [-0.3, -0.25) is 0 Å². The normalized spacial score (nSPS) is 12.5. The van der Waals surface area contributed by atoms with Gasteiger partial charge in [-0.15, -0.1) is 0 Å². The summed E-state index contributed by atoms with van der Waals surface area (Å²) in [5.74, 6) is 1.28. The zero-order chi connectivity index (χ0) is 11.1. The van der Waals surface area contributed by atoms with E-state index in [0.717, 1.165) is 25.0 Å². The minimum absolute atomic E-state index is 0.278. The van der Waals surface area contributed by atoms with Gasteiger partial charge in [-0.05, 0) is 36.5 Å². The van der Waals surface area contributed by atoms with Crippen LogP contribution in [-0.2, 0) is 6.42 Å². The molecule has 0 saturated heterocycles. The maximum absolute atomic E-state index is 9.19.